The summed E-state index contributed by atoms with van der Waals surface area (Å²) in [6, 6.07) is 1.27. The van der Waals surface area contributed by atoms with Gasteiger partial charge in [0.25, 0.3) is 5.91 Å². The summed E-state index contributed by atoms with van der Waals surface area (Å²) in [5, 5.41) is 7.71. The van der Waals surface area contributed by atoms with Gasteiger partial charge >= 0.3 is 0 Å². The van der Waals surface area contributed by atoms with E-state index < -0.39 is 23.4 Å². The van der Waals surface area contributed by atoms with Crippen LogP contribution in [0.25, 0.3) is 0 Å². The first-order valence-corrected chi connectivity index (χ1v) is 4.61. The fourth-order valence-electron chi connectivity index (χ4n) is 1.19. The van der Waals surface area contributed by atoms with Crippen LogP contribution in [0.15, 0.2) is 12.1 Å². The molecule has 0 radical (unpaired) electrons. The fraction of sp³-hybridized carbons (Fsp3) is 0. The van der Waals surface area contributed by atoms with Crippen LogP contribution in [0.5, 0.6) is 0 Å². The lowest BCUT2D eigenvalue weighted by Crippen LogP contribution is -2.14. The number of aromatic nitrogens is 3. The zero-order chi connectivity index (χ0) is 13.3. The third-order valence-electron chi connectivity index (χ3n) is 1.96. The van der Waals surface area contributed by atoms with Gasteiger partial charge in [-0.3, -0.25) is 9.89 Å². The van der Waals surface area contributed by atoms with Gasteiger partial charge in [0.15, 0.2) is 17.5 Å². The van der Waals surface area contributed by atoms with E-state index in [2.05, 4.69) is 20.5 Å². The Hall–Kier alpha value is -2.58. The summed E-state index contributed by atoms with van der Waals surface area (Å²) >= 11 is 0. The molecule has 1 heterocycles. The van der Waals surface area contributed by atoms with Gasteiger partial charge in [-0.25, -0.2) is 13.2 Å². The van der Waals surface area contributed by atoms with Crippen molar-refractivity contribution in [2.45, 2.75) is 0 Å². The van der Waals surface area contributed by atoms with Gasteiger partial charge in [-0.15, -0.1) is 5.10 Å². The van der Waals surface area contributed by atoms with E-state index in [1.807, 2.05) is 0 Å². The van der Waals surface area contributed by atoms with Crippen molar-refractivity contribution in [2.24, 2.45) is 0 Å². The first-order chi connectivity index (χ1) is 8.47. The van der Waals surface area contributed by atoms with E-state index >= 15 is 0 Å². The number of amides is 1. The molecular formula is C9H6F3N5O. The molecule has 9 heteroatoms. The molecule has 1 aromatic heterocycles. The number of aromatic amines is 1. The largest absolute Gasteiger partial charge is 0.366 e. The molecule has 0 saturated carbocycles. The lowest BCUT2D eigenvalue weighted by molar-refractivity contribution is 0.101. The normalized spacial score (nSPS) is 10.4. The Kier molecular flexibility index (Phi) is 2.88. The minimum Gasteiger partial charge on any atom is -0.366 e. The van der Waals surface area contributed by atoms with E-state index in [9.17, 15) is 18.0 Å². The summed E-state index contributed by atoms with van der Waals surface area (Å²) in [7, 11) is 0. The van der Waals surface area contributed by atoms with Crippen molar-refractivity contribution >= 4 is 17.5 Å². The predicted octanol–water partition coefficient (Wildman–Crippen LogP) is 1.06. The smallest absolute Gasteiger partial charge is 0.293 e. The van der Waals surface area contributed by atoms with Gasteiger partial charge in [0.1, 0.15) is 0 Å². The second-order valence-electron chi connectivity index (χ2n) is 3.25. The van der Waals surface area contributed by atoms with E-state index in [0.29, 0.717) is 12.1 Å². The van der Waals surface area contributed by atoms with Crippen molar-refractivity contribution in [2.75, 3.05) is 11.1 Å². The zero-order valence-corrected chi connectivity index (χ0v) is 8.67. The van der Waals surface area contributed by atoms with E-state index in [-0.39, 0.29) is 17.5 Å². The van der Waals surface area contributed by atoms with Crippen LogP contribution in [-0.4, -0.2) is 21.1 Å². The second kappa shape index (κ2) is 4.35. The minimum atomic E-state index is -1.61. The molecule has 0 aliphatic heterocycles. The van der Waals surface area contributed by atoms with Gasteiger partial charge in [-0.2, -0.15) is 4.98 Å². The number of hydrogen-bond acceptors (Lipinski definition) is 4. The molecular weight excluding hydrogens is 251 g/mol. The summed E-state index contributed by atoms with van der Waals surface area (Å²) in [4.78, 5) is 15.0. The molecule has 0 aliphatic carbocycles. The van der Waals surface area contributed by atoms with E-state index in [0.717, 1.165) is 0 Å². The molecule has 4 N–H and O–H groups in total. The number of nitrogens with two attached hydrogens (primary N) is 1. The Bertz CT molecular complexity index is 589. The molecule has 0 fully saturated rings. The quantitative estimate of drug-likeness (QED) is 0.700. The number of benzene rings is 1. The second-order valence-corrected chi connectivity index (χ2v) is 3.25. The number of H-pyrrole nitrogens is 1. The lowest BCUT2D eigenvalue weighted by Gasteiger charge is -2.04. The highest BCUT2D eigenvalue weighted by Crippen LogP contribution is 2.17. The maximum absolute atomic E-state index is 12.9. The standard InChI is InChI=1S/C9H6F3N5O/c10-4-1-3(2-5(11)6(4)12)14-8(18)7-15-9(13)17-16-7/h1-2H,(H,14,18)(H3,13,15,16,17). The highest BCUT2D eigenvalue weighted by atomic mass is 19.2. The topological polar surface area (TPSA) is 96.7 Å². The van der Waals surface area contributed by atoms with Gasteiger partial charge in [0, 0.05) is 17.8 Å². The molecule has 0 aliphatic rings. The maximum atomic E-state index is 12.9. The van der Waals surface area contributed by atoms with Gasteiger partial charge in [-0.05, 0) is 0 Å². The molecule has 2 aromatic rings. The minimum absolute atomic E-state index is 0.156. The van der Waals surface area contributed by atoms with Crippen LogP contribution in [0.1, 0.15) is 10.6 Å². The Morgan fingerprint density at radius 1 is 1.28 bits per heavy atom. The molecule has 6 nitrogen and oxygen atoms in total. The number of nitrogen functional groups attached to an aromatic ring is 1. The predicted molar refractivity (Wildman–Crippen MR) is 55.1 cm³/mol. The van der Waals surface area contributed by atoms with Gasteiger partial charge in [0.05, 0.1) is 0 Å². The van der Waals surface area contributed by atoms with Crippen molar-refractivity contribution in [3.8, 4) is 0 Å². The molecule has 0 unspecified atom stereocenters. The Morgan fingerprint density at radius 3 is 2.39 bits per heavy atom. The average molecular weight is 257 g/mol. The molecule has 2 rings (SSSR count). The third kappa shape index (κ3) is 2.24. The molecule has 0 spiro atoms. The molecule has 94 valence electrons. The van der Waals surface area contributed by atoms with Crippen LogP contribution >= 0.6 is 0 Å². The van der Waals surface area contributed by atoms with Crippen molar-refractivity contribution in [1.82, 2.24) is 15.2 Å². The molecule has 1 amide bonds. The van der Waals surface area contributed by atoms with Gasteiger partial charge in [0.2, 0.25) is 11.8 Å². The first kappa shape index (κ1) is 11.9. The van der Waals surface area contributed by atoms with E-state index in [1.165, 1.54) is 0 Å². The lowest BCUT2D eigenvalue weighted by atomic mass is 10.3. The highest BCUT2D eigenvalue weighted by molar-refractivity contribution is 6.01. The number of rotatable bonds is 2. The van der Waals surface area contributed by atoms with Crippen LogP contribution < -0.4 is 11.1 Å². The summed E-state index contributed by atoms with van der Waals surface area (Å²) in [6.07, 6.45) is 0. The van der Waals surface area contributed by atoms with E-state index in [1.54, 1.807) is 0 Å². The van der Waals surface area contributed by atoms with Gasteiger partial charge in [-0.1, -0.05) is 0 Å². The number of halogens is 3. The number of nitrogens with one attached hydrogen (secondary N) is 2. The third-order valence-corrected chi connectivity index (χ3v) is 1.96. The Labute approximate surface area is 98.0 Å². The van der Waals surface area contributed by atoms with Crippen LogP contribution in [0.2, 0.25) is 0 Å². The molecule has 0 bridgehead atoms. The Balaban J connectivity index is 2.22. The van der Waals surface area contributed by atoms with Crippen LogP contribution in [-0.2, 0) is 0 Å². The first-order valence-electron chi connectivity index (χ1n) is 4.61. The molecule has 18 heavy (non-hydrogen) atoms. The maximum Gasteiger partial charge on any atom is 0.293 e. The van der Waals surface area contributed by atoms with Crippen LogP contribution in [0.3, 0.4) is 0 Å². The van der Waals surface area contributed by atoms with Crippen molar-refractivity contribution < 1.29 is 18.0 Å². The van der Waals surface area contributed by atoms with Crippen molar-refractivity contribution in [1.29, 1.82) is 0 Å². The highest BCUT2D eigenvalue weighted by Gasteiger charge is 2.15. The molecule has 0 saturated heterocycles. The van der Waals surface area contributed by atoms with Crippen molar-refractivity contribution in [3.05, 3.63) is 35.4 Å². The van der Waals surface area contributed by atoms with Crippen LogP contribution in [0.4, 0.5) is 24.8 Å². The van der Waals surface area contributed by atoms with Crippen LogP contribution in [0, 0.1) is 17.5 Å². The zero-order valence-electron chi connectivity index (χ0n) is 8.67. The average Bonchev–Trinajstić information content (AvgIpc) is 2.72. The van der Waals surface area contributed by atoms with Gasteiger partial charge < -0.3 is 11.1 Å². The molecule has 0 atom stereocenters. The molecule has 1 aromatic carbocycles. The number of anilines is 2. The summed E-state index contributed by atoms with van der Waals surface area (Å²) in [5.41, 5.74) is 4.92. The number of hydrogen-bond donors (Lipinski definition) is 3. The number of nitrogens with zero attached hydrogens (tertiary/aromatic N) is 2. The van der Waals surface area contributed by atoms with E-state index in [4.69, 9.17) is 5.73 Å². The SMILES string of the molecule is Nc1n[nH]c(C(=O)Nc2cc(F)c(F)c(F)c2)n1. The summed E-state index contributed by atoms with van der Waals surface area (Å²) in [5.74, 6) is -5.65. The summed E-state index contributed by atoms with van der Waals surface area (Å²) in [6.45, 7) is 0. The number of carbonyl (C=O) groups is 1. The number of carbonyl (C=O) groups excluding carboxylic acids is 1. The summed E-state index contributed by atoms with van der Waals surface area (Å²) < 4.78 is 38.4. The monoisotopic (exact) mass is 257 g/mol. The van der Waals surface area contributed by atoms with Crippen molar-refractivity contribution in [3.63, 3.8) is 0 Å². The fourth-order valence-corrected chi connectivity index (χ4v) is 1.19. The Morgan fingerprint density at radius 2 is 1.89 bits per heavy atom.